The van der Waals surface area contributed by atoms with E-state index in [0.29, 0.717) is 18.1 Å². The van der Waals surface area contributed by atoms with Gasteiger partial charge in [0.25, 0.3) is 0 Å². The Kier molecular flexibility index (Phi) is 4.57. The SMILES string of the molecule is CCOc1cc(C=CC(=O)O)c(C)cc1OC. The van der Waals surface area contributed by atoms with Crippen LogP contribution >= 0.6 is 0 Å². The van der Waals surface area contributed by atoms with Gasteiger partial charge < -0.3 is 14.6 Å². The Hall–Kier alpha value is -1.97. The van der Waals surface area contributed by atoms with E-state index in [2.05, 4.69) is 0 Å². The van der Waals surface area contributed by atoms with Crippen LogP contribution in [0, 0.1) is 6.92 Å². The van der Waals surface area contributed by atoms with Crippen LogP contribution in [0.5, 0.6) is 11.5 Å². The third-order valence-electron chi connectivity index (χ3n) is 2.26. The van der Waals surface area contributed by atoms with E-state index in [9.17, 15) is 4.79 Å². The van der Waals surface area contributed by atoms with E-state index >= 15 is 0 Å². The molecule has 92 valence electrons. The Morgan fingerprint density at radius 2 is 2.12 bits per heavy atom. The van der Waals surface area contributed by atoms with Gasteiger partial charge >= 0.3 is 5.97 Å². The molecule has 4 heteroatoms. The first-order valence-corrected chi connectivity index (χ1v) is 5.31. The van der Waals surface area contributed by atoms with Gasteiger partial charge in [0.2, 0.25) is 0 Å². The molecule has 0 aliphatic rings. The van der Waals surface area contributed by atoms with Gasteiger partial charge in [-0.25, -0.2) is 4.79 Å². The summed E-state index contributed by atoms with van der Waals surface area (Å²) in [6, 6.07) is 3.60. The third kappa shape index (κ3) is 3.52. The average molecular weight is 236 g/mol. The molecule has 0 radical (unpaired) electrons. The van der Waals surface area contributed by atoms with Crippen molar-refractivity contribution < 1.29 is 19.4 Å². The molecule has 0 bridgehead atoms. The number of carboxylic acids is 1. The van der Waals surface area contributed by atoms with Crippen LogP contribution in [0.3, 0.4) is 0 Å². The molecule has 1 rings (SSSR count). The van der Waals surface area contributed by atoms with Gasteiger partial charge in [-0.2, -0.15) is 0 Å². The van der Waals surface area contributed by atoms with Gasteiger partial charge in [0.15, 0.2) is 11.5 Å². The van der Waals surface area contributed by atoms with Crippen LogP contribution < -0.4 is 9.47 Å². The maximum Gasteiger partial charge on any atom is 0.328 e. The summed E-state index contributed by atoms with van der Waals surface area (Å²) < 4.78 is 10.6. The van der Waals surface area contributed by atoms with E-state index in [0.717, 1.165) is 17.2 Å². The van der Waals surface area contributed by atoms with E-state index in [1.54, 1.807) is 19.3 Å². The Balaban J connectivity index is 3.14. The number of rotatable bonds is 5. The van der Waals surface area contributed by atoms with Gasteiger partial charge in [-0.1, -0.05) is 0 Å². The highest BCUT2D eigenvalue weighted by Crippen LogP contribution is 2.31. The fourth-order valence-corrected chi connectivity index (χ4v) is 1.45. The van der Waals surface area contributed by atoms with Crippen LogP contribution in [0.2, 0.25) is 0 Å². The molecule has 0 saturated heterocycles. The van der Waals surface area contributed by atoms with Crippen LogP contribution in [0.15, 0.2) is 18.2 Å². The highest BCUT2D eigenvalue weighted by Gasteiger charge is 2.07. The van der Waals surface area contributed by atoms with Crippen molar-refractivity contribution in [3.05, 3.63) is 29.3 Å². The number of hydrogen-bond donors (Lipinski definition) is 1. The quantitative estimate of drug-likeness (QED) is 0.798. The van der Waals surface area contributed by atoms with Crippen LogP contribution in [0.25, 0.3) is 6.08 Å². The average Bonchev–Trinajstić information content (AvgIpc) is 2.29. The summed E-state index contributed by atoms with van der Waals surface area (Å²) in [4.78, 5) is 10.5. The van der Waals surface area contributed by atoms with E-state index in [-0.39, 0.29) is 0 Å². The molecule has 0 aliphatic carbocycles. The van der Waals surface area contributed by atoms with Crippen LogP contribution in [0.4, 0.5) is 0 Å². The lowest BCUT2D eigenvalue weighted by atomic mass is 10.1. The molecule has 0 spiro atoms. The Labute approximate surface area is 100 Å². The van der Waals surface area contributed by atoms with Crippen LogP contribution in [0.1, 0.15) is 18.1 Å². The monoisotopic (exact) mass is 236 g/mol. The second-order valence-corrected chi connectivity index (χ2v) is 3.46. The first-order valence-electron chi connectivity index (χ1n) is 5.31. The van der Waals surface area contributed by atoms with Crippen molar-refractivity contribution in [2.24, 2.45) is 0 Å². The number of benzene rings is 1. The number of carbonyl (C=O) groups is 1. The molecular formula is C13H16O4. The lowest BCUT2D eigenvalue weighted by Gasteiger charge is -2.11. The first kappa shape index (κ1) is 13.1. The lowest BCUT2D eigenvalue weighted by Crippen LogP contribution is -1.97. The van der Waals surface area contributed by atoms with E-state index in [1.807, 2.05) is 19.9 Å². The predicted molar refractivity (Wildman–Crippen MR) is 65.6 cm³/mol. The van der Waals surface area contributed by atoms with E-state index in [4.69, 9.17) is 14.6 Å². The number of aryl methyl sites for hydroxylation is 1. The third-order valence-corrected chi connectivity index (χ3v) is 2.26. The minimum absolute atomic E-state index is 0.529. The summed E-state index contributed by atoms with van der Waals surface area (Å²) in [5.41, 5.74) is 1.74. The van der Waals surface area contributed by atoms with E-state index < -0.39 is 5.97 Å². The standard InChI is InChI=1S/C13H16O4/c1-4-17-12-8-10(5-6-13(14)15)9(2)7-11(12)16-3/h5-8H,4H2,1-3H3,(H,14,15). The zero-order chi connectivity index (χ0) is 12.8. The molecular weight excluding hydrogens is 220 g/mol. The molecule has 0 amide bonds. The molecule has 1 N–H and O–H groups in total. The highest BCUT2D eigenvalue weighted by atomic mass is 16.5. The van der Waals surface area contributed by atoms with Crippen molar-refractivity contribution in [1.82, 2.24) is 0 Å². The molecule has 0 atom stereocenters. The molecule has 0 fully saturated rings. The minimum Gasteiger partial charge on any atom is -0.493 e. The minimum atomic E-state index is -0.974. The molecule has 4 nitrogen and oxygen atoms in total. The summed E-state index contributed by atoms with van der Waals surface area (Å²) >= 11 is 0. The van der Waals surface area contributed by atoms with Crippen molar-refractivity contribution in [1.29, 1.82) is 0 Å². The number of methoxy groups -OCH3 is 1. The first-order chi connectivity index (χ1) is 8.08. The summed E-state index contributed by atoms with van der Waals surface area (Å²) in [7, 11) is 1.57. The van der Waals surface area contributed by atoms with Gasteiger partial charge in [0.1, 0.15) is 0 Å². The Morgan fingerprint density at radius 3 is 2.65 bits per heavy atom. The second kappa shape index (κ2) is 5.94. The van der Waals surface area contributed by atoms with Crippen molar-refractivity contribution in [2.45, 2.75) is 13.8 Å². The molecule has 1 aromatic carbocycles. The molecule has 0 heterocycles. The van der Waals surface area contributed by atoms with E-state index in [1.165, 1.54) is 0 Å². The van der Waals surface area contributed by atoms with Gasteiger partial charge in [0, 0.05) is 6.08 Å². The van der Waals surface area contributed by atoms with Crippen molar-refractivity contribution >= 4 is 12.0 Å². The normalized spacial score (nSPS) is 10.5. The number of hydrogen-bond acceptors (Lipinski definition) is 3. The zero-order valence-corrected chi connectivity index (χ0v) is 10.2. The molecule has 0 saturated carbocycles. The van der Waals surface area contributed by atoms with Gasteiger partial charge in [-0.15, -0.1) is 0 Å². The summed E-state index contributed by atoms with van der Waals surface area (Å²) in [5, 5.41) is 8.60. The topological polar surface area (TPSA) is 55.8 Å². The lowest BCUT2D eigenvalue weighted by molar-refractivity contribution is -0.131. The number of carboxylic acid groups (broad SMARTS) is 1. The maximum absolute atomic E-state index is 10.5. The Morgan fingerprint density at radius 1 is 1.41 bits per heavy atom. The molecule has 0 aromatic heterocycles. The number of ether oxygens (including phenoxy) is 2. The summed E-state index contributed by atoms with van der Waals surface area (Å²) in [5.74, 6) is 0.292. The molecule has 0 unspecified atom stereocenters. The largest absolute Gasteiger partial charge is 0.493 e. The van der Waals surface area contributed by atoms with Gasteiger partial charge in [0.05, 0.1) is 13.7 Å². The van der Waals surface area contributed by atoms with Crippen molar-refractivity contribution in [2.75, 3.05) is 13.7 Å². The zero-order valence-electron chi connectivity index (χ0n) is 10.2. The maximum atomic E-state index is 10.5. The molecule has 1 aromatic rings. The number of aliphatic carboxylic acids is 1. The second-order valence-electron chi connectivity index (χ2n) is 3.46. The molecule has 17 heavy (non-hydrogen) atoms. The van der Waals surface area contributed by atoms with Crippen molar-refractivity contribution in [3.63, 3.8) is 0 Å². The van der Waals surface area contributed by atoms with Crippen LogP contribution in [-0.4, -0.2) is 24.8 Å². The fourth-order valence-electron chi connectivity index (χ4n) is 1.45. The Bertz CT molecular complexity index is 435. The van der Waals surface area contributed by atoms with Crippen LogP contribution in [-0.2, 0) is 4.79 Å². The highest BCUT2D eigenvalue weighted by molar-refractivity contribution is 5.85. The van der Waals surface area contributed by atoms with Gasteiger partial charge in [-0.05, 0) is 43.2 Å². The smallest absolute Gasteiger partial charge is 0.328 e. The van der Waals surface area contributed by atoms with Crippen molar-refractivity contribution in [3.8, 4) is 11.5 Å². The summed E-state index contributed by atoms with van der Waals surface area (Å²) in [6.07, 6.45) is 2.64. The molecule has 0 aliphatic heterocycles. The predicted octanol–water partition coefficient (Wildman–Crippen LogP) is 2.50. The summed E-state index contributed by atoms with van der Waals surface area (Å²) in [6.45, 7) is 4.30. The van der Waals surface area contributed by atoms with Gasteiger partial charge in [-0.3, -0.25) is 0 Å². The fraction of sp³-hybridized carbons (Fsp3) is 0.308.